The smallest absolute Gasteiger partial charge is 0.230 e. The first-order chi connectivity index (χ1) is 9.69. The van der Waals surface area contributed by atoms with Crippen molar-refractivity contribution in [1.82, 2.24) is 5.32 Å². The Bertz CT molecular complexity index is 429. The predicted octanol–water partition coefficient (Wildman–Crippen LogP) is 1.62. The number of methoxy groups -OCH3 is 1. The van der Waals surface area contributed by atoms with Crippen LogP contribution in [0, 0.1) is 0 Å². The van der Waals surface area contributed by atoms with Crippen LogP contribution in [0.25, 0.3) is 0 Å². The van der Waals surface area contributed by atoms with E-state index in [4.69, 9.17) is 4.74 Å². The van der Waals surface area contributed by atoms with Crippen LogP contribution < -0.4 is 5.32 Å². The maximum Gasteiger partial charge on any atom is 0.230 e. The van der Waals surface area contributed by atoms with Crippen LogP contribution in [-0.4, -0.2) is 37.4 Å². The third kappa shape index (κ3) is 3.19. The fourth-order valence-electron chi connectivity index (χ4n) is 2.73. The molecule has 4 heteroatoms. The molecule has 1 atom stereocenters. The Morgan fingerprint density at radius 3 is 2.65 bits per heavy atom. The van der Waals surface area contributed by atoms with Crippen molar-refractivity contribution in [3.05, 3.63) is 35.9 Å². The summed E-state index contributed by atoms with van der Waals surface area (Å²) >= 11 is 0. The number of hydrogen-bond acceptors (Lipinski definition) is 3. The summed E-state index contributed by atoms with van der Waals surface area (Å²) in [7, 11) is 1.56. The lowest BCUT2D eigenvalue weighted by atomic mass is 9.64. The number of ether oxygens (including phenoxy) is 1. The van der Waals surface area contributed by atoms with Gasteiger partial charge in [-0.2, -0.15) is 0 Å². The van der Waals surface area contributed by atoms with Crippen LogP contribution in [0.3, 0.4) is 0 Å². The molecule has 4 nitrogen and oxygen atoms in total. The lowest BCUT2D eigenvalue weighted by molar-refractivity contribution is -0.130. The van der Waals surface area contributed by atoms with Gasteiger partial charge >= 0.3 is 0 Å². The first-order valence-corrected chi connectivity index (χ1v) is 7.20. The van der Waals surface area contributed by atoms with Gasteiger partial charge in [0.05, 0.1) is 18.1 Å². The monoisotopic (exact) mass is 277 g/mol. The third-order valence-corrected chi connectivity index (χ3v) is 4.09. The summed E-state index contributed by atoms with van der Waals surface area (Å²) in [4.78, 5) is 12.5. The highest BCUT2D eigenvalue weighted by Crippen LogP contribution is 2.43. The van der Waals surface area contributed by atoms with Gasteiger partial charge in [0.2, 0.25) is 5.91 Å². The summed E-state index contributed by atoms with van der Waals surface area (Å²) in [6, 6.07) is 9.97. The topological polar surface area (TPSA) is 58.6 Å². The number of hydrogen-bond donors (Lipinski definition) is 2. The summed E-state index contributed by atoms with van der Waals surface area (Å²) in [5.74, 6) is 0.0829. The maximum atomic E-state index is 12.5. The molecule has 1 aliphatic carbocycles. The third-order valence-electron chi connectivity index (χ3n) is 4.09. The zero-order valence-electron chi connectivity index (χ0n) is 12.0. The summed E-state index contributed by atoms with van der Waals surface area (Å²) in [6.45, 7) is 0.789. The molecule has 1 aromatic rings. The van der Waals surface area contributed by atoms with E-state index in [0.29, 0.717) is 19.6 Å². The van der Waals surface area contributed by atoms with Crippen LogP contribution in [0.15, 0.2) is 30.3 Å². The highest BCUT2D eigenvalue weighted by atomic mass is 16.5. The van der Waals surface area contributed by atoms with E-state index in [1.54, 1.807) is 7.11 Å². The maximum absolute atomic E-state index is 12.5. The molecule has 0 heterocycles. The molecule has 0 spiro atoms. The molecule has 1 saturated carbocycles. The summed E-state index contributed by atoms with van der Waals surface area (Å²) in [5.41, 5.74) is 0.745. The highest BCUT2D eigenvalue weighted by Gasteiger charge is 2.45. The van der Waals surface area contributed by atoms with Gasteiger partial charge in [0, 0.05) is 13.7 Å². The molecular formula is C16H23NO3. The van der Waals surface area contributed by atoms with Crippen LogP contribution in [-0.2, 0) is 14.9 Å². The predicted molar refractivity (Wildman–Crippen MR) is 77.5 cm³/mol. The van der Waals surface area contributed by atoms with E-state index >= 15 is 0 Å². The van der Waals surface area contributed by atoms with Gasteiger partial charge in [-0.25, -0.2) is 0 Å². The Hall–Kier alpha value is -1.39. The quantitative estimate of drug-likeness (QED) is 0.796. The van der Waals surface area contributed by atoms with E-state index in [1.807, 2.05) is 30.3 Å². The van der Waals surface area contributed by atoms with Gasteiger partial charge in [-0.1, -0.05) is 36.8 Å². The second-order valence-electron chi connectivity index (χ2n) is 5.46. The SMILES string of the molecule is COCC(O)CCNC(=O)C1(c2ccccc2)CCC1. The minimum absolute atomic E-state index is 0.0829. The first-order valence-electron chi connectivity index (χ1n) is 7.20. The molecule has 2 rings (SSSR count). The molecule has 20 heavy (non-hydrogen) atoms. The second-order valence-corrected chi connectivity index (χ2v) is 5.46. The minimum Gasteiger partial charge on any atom is -0.391 e. The number of aliphatic hydroxyl groups excluding tert-OH is 1. The number of nitrogens with one attached hydrogen (secondary N) is 1. The number of rotatable bonds is 7. The zero-order chi connectivity index (χ0) is 14.4. The van der Waals surface area contributed by atoms with Crippen molar-refractivity contribution in [2.45, 2.75) is 37.2 Å². The van der Waals surface area contributed by atoms with Gasteiger partial charge in [-0.05, 0) is 24.8 Å². The summed E-state index contributed by atoms with van der Waals surface area (Å²) in [5, 5.41) is 12.5. The summed E-state index contributed by atoms with van der Waals surface area (Å²) in [6.07, 6.45) is 2.90. The van der Waals surface area contributed by atoms with E-state index in [1.165, 1.54) is 0 Å². The number of benzene rings is 1. The van der Waals surface area contributed by atoms with Gasteiger partial charge in [0.1, 0.15) is 0 Å². The van der Waals surface area contributed by atoms with E-state index in [0.717, 1.165) is 24.8 Å². The van der Waals surface area contributed by atoms with E-state index in [-0.39, 0.29) is 11.3 Å². The molecule has 1 aliphatic rings. The second kappa shape index (κ2) is 6.86. The van der Waals surface area contributed by atoms with Crippen LogP contribution in [0.4, 0.5) is 0 Å². The molecule has 0 aromatic heterocycles. The average Bonchev–Trinajstić information content (AvgIpc) is 2.39. The van der Waals surface area contributed by atoms with Gasteiger partial charge in [-0.15, -0.1) is 0 Å². The van der Waals surface area contributed by atoms with Gasteiger partial charge in [0.15, 0.2) is 0 Å². The first kappa shape index (κ1) is 15.0. The van der Waals surface area contributed by atoms with Crippen molar-refractivity contribution in [2.75, 3.05) is 20.3 Å². The highest BCUT2D eigenvalue weighted by molar-refractivity contribution is 5.89. The summed E-state index contributed by atoms with van der Waals surface area (Å²) < 4.78 is 4.87. The van der Waals surface area contributed by atoms with Crippen LogP contribution in [0.5, 0.6) is 0 Å². The fraction of sp³-hybridized carbons (Fsp3) is 0.562. The zero-order valence-corrected chi connectivity index (χ0v) is 12.0. The molecule has 0 saturated heterocycles. The van der Waals surface area contributed by atoms with Crippen LogP contribution in [0.1, 0.15) is 31.2 Å². The molecule has 1 aromatic carbocycles. The molecule has 0 radical (unpaired) electrons. The standard InChI is InChI=1S/C16H23NO3/c1-20-12-14(18)8-11-17-15(19)16(9-5-10-16)13-6-3-2-4-7-13/h2-4,6-7,14,18H,5,8-12H2,1H3,(H,17,19). The molecule has 1 amide bonds. The molecule has 0 aliphatic heterocycles. The van der Waals surface area contributed by atoms with Crippen molar-refractivity contribution in [3.8, 4) is 0 Å². The Kier molecular flexibility index (Phi) is 5.15. The van der Waals surface area contributed by atoms with Gasteiger partial charge in [0.25, 0.3) is 0 Å². The van der Waals surface area contributed by atoms with E-state index < -0.39 is 6.10 Å². The normalized spacial score (nSPS) is 18.1. The molecule has 110 valence electrons. The molecular weight excluding hydrogens is 254 g/mol. The molecule has 1 unspecified atom stereocenters. The number of carbonyl (C=O) groups is 1. The Morgan fingerprint density at radius 2 is 2.10 bits per heavy atom. The number of carbonyl (C=O) groups excluding carboxylic acids is 1. The van der Waals surface area contributed by atoms with Crippen LogP contribution in [0.2, 0.25) is 0 Å². The van der Waals surface area contributed by atoms with Crippen molar-refractivity contribution < 1.29 is 14.6 Å². The lowest BCUT2D eigenvalue weighted by Crippen LogP contribution is -2.49. The number of aliphatic hydroxyl groups is 1. The molecule has 0 bridgehead atoms. The Morgan fingerprint density at radius 1 is 1.40 bits per heavy atom. The fourth-order valence-corrected chi connectivity index (χ4v) is 2.73. The van der Waals surface area contributed by atoms with Gasteiger partial charge < -0.3 is 15.2 Å². The van der Waals surface area contributed by atoms with E-state index in [9.17, 15) is 9.90 Å². The Balaban J connectivity index is 1.90. The Labute approximate surface area is 120 Å². The van der Waals surface area contributed by atoms with Crippen molar-refractivity contribution in [1.29, 1.82) is 0 Å². The van der Waals surface area contributed by atoms with Crippen molar-refractivity contribution >= 4 is 5.91 Å². The van der Waals surface area contributed by atoms with Crippen LogP contribution >= 0.6 is 0 Å². The number of amides is 1. The average molecular weight is 277 g/mol. The van der Waals surface area contributed by atoms with Crippen molar-refractivity contribution in [3.63, 3.8) is 0 Å². The lowest BCUT2D eigenvalue weighted by Gasteiger charge is -2.40. The van der Waals surface area contributed by atoms with Gasteiger partial charge in [-0.3, -0.25) is 4.79 Å². The largest absolute Gasteiger partial charge is 0.391 e. The molecule has 2 N–H and O–H groups in total. The molecule has 1 fully saturated rings. The van der Waals surface area contributed by atoms with E-state index in [2.05, 4.69) is 5.32 Å². The minimum atomic E-state index is -0.519. The van der Waals surface area contributed by atoms with Crippen molar-refractivity contribution in [2.24, 2.45) is 0 Å².